The van der Waals surface area contributed by atoms with E-state index in [0.717, 1.165) is 42.4 Å². The Hall–Kier alpha value is -0.870. The fraction of sp³-hybridized carbons (Fsp3) is 0.650. The molecule has 1 aromatic carbocycles. The summed E-state index contributed by atoms with van der Waals surface area (Å²) in [5, 5.41) is 0. The van der Waals surface area contributed by atoms with Crippen molar-refractivity contribution in [1.82, 2.24) is 9.80 Å². The fourth-order valence-electron chi connectivity index (χ4n) is 4.02. The second-order valence-corrected chi connectivity index (χ2v) is 8.12. The standard InChI is InChI=1S/C20H29BrN2O/c21-18-10-8-17(9-11-18)20(24)23-15-6-3-7-19(23)12-16-22-13-4-1-2-5-14-22/h8-11,19H,1-7,12-16H2/t19-/m1/s1. The summed E-state index contributed by atoms with van der Waals surface area (Å²) in [5.41, 5.74) is 0.819. The molecule has 4 heteroatoms. The Morgan fingerprint density at radius 3 is 2.33 bits per heavy atom. The van der Waals surface area contributed by atoms with E-state index in [4.69, 9.17) is 0 Å². The Bertz CT molecular complexity index is 523. The van der Waals surface area contributed by atoms with E-state index in [1.165, 1.54) is 45.2 Å². The summed E-state index contributed by atoms with van der Waals surface area (Å²) in [6, 6.07) is 8.21. The molecule has 3 rings (SSSR count). The monoisotopic (exact) mass is 392 g/mol. The van der Waals surface area contributed by atoms with Gasteiger partial charge < -0.3 is 9.80 Å². The van der Waals surface area contributed by atoms with Gasteiger partial charge in [0.15, 0.2) is 0 Å². The number of piperidine rings is 1. The zero-order valence-electron chi connectivity index (χ0n) is 14.6. The summed E-state index contributed by atoms with van der Waals surface area (Å²) in [6.45, 7) is 4.55. The highest BCUT2D eigenvalue weighted by molar-refractivity contribution is 9.10. The van der Waals surface area contributed by atoms with E-state index in [2.05, 4.69) is 25.7 Å². The van der Waals surface area contributed by atoms with Crippen molar-refractivity contribution in [3.8, 4) is 0 Å². The van der Waals surface area contributed by atoms with Gasteiger partial charge in [0.05, 0.1) is 0 Å². The number of carbonyl (C=O) groups excluding carboxylic acids is 1. The lowest BCUT2D eigenvalue weighted by atomic mass is 9.98. The van der Waals surface area contributed by atoms with Gasteiger partial charge in [-0.2, -0.15) is 0 Å². The van der Waals surface area contributed by atoms with Gasteiger partial charge in [0.25, 0.3) is 5.91 Å². The third kappa shape index (κ3) is 4.82. The average Bonchev–Trinajstić information content (AvgIpc) is 2.89. The first-order chi connectivity index (χ1) is 11.7. The second kappa shape index (κ2) is 9.00. The summed E-state index contributed by atoms with van der Waals surface area (Å²) in [6.07, 6.45) is 10.1. The number of hydrogen-bond acceptors (Lipinski definition) is 2. The lowest BCUT2D eigenvalue weighted by Gasteiger charge is -2.37. The lowest BCUT2D eigenvalue weighted by Crippen LogP contribution is -2.45. The largest absolute Gasteiger partial charge is 0.336 e. The van der Waals surface area contributed by atoms with Crippen LogP contribution in [-0.4, -0.2) is 47.9 Å². The minimum atomic E-state index is 0.211. The summed E-state index contributed by atoms with van der Waals surface area (Å²) in [7, 11) is 0. The molecule has 0 radical (unpaired) electrons. The maximum atomic E-state index is 12.9. The number of benzene rings is 1. The van der Waals surface area contributed by atoms with Gasteiger partial charge in [0, 0.05) is 29.2 Å². The Balaban J connectivity index is 1.60. The van der Waals surface area contributed by atoms with Crippen molar-refractivity contribution in [2.45, 2.75) is 57.4 Å². The molecule has 1 aromatic rings. The molecule has 0 spiro atoms. The van der Waals surface area contributed by atoms with Crippen molar-refractivity contribution in [2.24, 2.45) is 0 Å². The smallest absolute Gasteiger partial charge is 0.254 e. The average molecular weight is 393 g/mol. The van der Waals surface area contributed by atoms with Gasteiger partial charge >= 0.3 is 0 Å². The summed E-state index contributed by atoms with van der Waals surface area (Å²) in [4.78, 5) is 17.7. The molecule has 24 heavy (non-hydrogen) atoms. The van der Waals surface area contributed by atoms with E-state index < -0.39 is 0 Å². The van der Waals surface area contributed by atoms with Crippen molar-refractivity contribution in [3.05, 3.63) is 34.3 Å². The first kappa shape index (κ1) is 17.9. The number of rotatable bonds is 4. The Kier molecular flexibility index (Phi) is 6.73. The van der Waals surface area contributed by atoms with Crippen LogP contribution in [0, 0.1) is 0 Å². The van der Waals surface area contributed by atoms with E-state index >= 15 is 0 Å². The number of likely N-dealkylation sites (tertiary alicyclic amines) is 2. The molecular weight excluding hydrogens is 364 g/mol. The van der Waals surface area contributed by atoms with E-state index in [-0.39, 0.29) is 5.91 Å². The molecule has 0 N–H and O–H groups in total. The first-order valence-corrected chi connectivity index (χ1v) is 10.3. The van der Waals surface area contributed by atoms with Gasteiger partial charge in [0.2, 0.25) is 0 Å². The fourth-order valence-corrected chi connectivity index (χ4v) is 4.28. The molecule has 3 nitrogen and oxygen atoms in total. The number of amides is 1. The van der Waals surface area contributed by atoms with E-state index in [0.29, 0.717) is 6.04 Å². The molecule has 1 amide bonds. The highest BCUT2D eigenvalue weighted by atomic mass is 79.9. The van der Waals surface area contributed by atoms with Crippen molar-refractivity contribution in [1.29, 1.82) is 0 Å². The first-order valence-electron chi connectivity index (χ1n) is 9.53. The van der Waals surface area contributed by atoms with Gasteiger partial charge in [-0.3, -0.25) is 4.79 Å². The van der Waals surface area contributed by atoms with Crippen molar-refractivity contribution < 1.29 is 4.79 Å². The predicted molar refractivity (Wildman–Crippen MR) is 102 cm³/mol. The number of carbonyl (C=O) groups is 1. The minimum Gasteiger partial charge on any atom is -0.336 e. The molecule has 132 valence electrons. The SMILES string of the molecule is O=C(c1ccc(Br)cc1)N1CCCC[C@@H]1CCN1CCCCCC1. The Labute approximate surface area is 154 Å². The molecule has 0 unspecified atom stereocenters. The summed E-state index contributed by atoms with van der Waals surface area (Å²) < 4.78 is 1.02. The van der Waals surface area contributed by atoms with Crippen LogP contribution in [-0.2, 0) is 0 Å². The number of nitrogens with zero attached hydrogens (tertiary/aromatic N) is 2. The molecule has 0 bridgehead atoms. The van der Waals surface area contributed by atoms with Gasteiger partial charge in [-0.25, -0.2) is 0 Å². The number of hydrogen-bond donors (Lipinski definition) is 0. The van der Waals surface area contributed by atoms with Crippen LogP contribution in [0.25, 0.3) is 0 Å². The van der Waals surface area contributed by atoms with Gasteiger partial charge in [-0.1, -0.05) is 28.8 Å². The van der Waals surface area contributed by atoms with Crippen LogP contribution >= 0.6 is 15.9 Å². The van der Waals surface area contributed by atoms with E-state index in [9.17, 15) is 4.79 Å². The third-order valence-electron chi connectivity index (χ3n) is 5.46. The quantitative estimate of drug-likeness (QED) is 0.740. The lowest BCUT2D eigenvalue weighted by molar-refractivity contribution is 0.0584. The molecule has 0 aliphatic carbocycles. The zero-order valence-corrected chi connectivity index (χ0v) is 16.1. The maximum Gasteiger partial charge on any atom is 0.254 e. The van der Waals surface area contributed by atoms with E-state index in [1.54, 1.807) is 0 Å². The van der Waals surface area contributed by atoms with Crippen molar-refractivity contribution in [2.75, 3.05) is 26.2 Å². The topological polar surface area (TPSA) is 23.6 Å². The Morgan fingerprint density at radius 1 is 0.958 bits per heavy atom. The molecule has 1 atom stereocenters. The molecule has 0 aromatic heterocycles. The molecule has 2 fully saturated rings. The maximum absolute atomic E-state index is 12.9. The minimum absolute atomic E-state index is 0.211. The summed E-state index contributed by atoms with van der Waals surface area (Å²) >= 11 is 3.45. The Morgan fingerprint density at radius 2 is 1.62 bits per heavy atom. The van der Waals surface area contributed by atoms with E-state index in [1.807, 2.05) is 24.3 Å². The third-order valence-corrected chi connectivity index (χ3v) is 5.99. The van der Waals surface area contributed by atoms with Crippen LogP contribution in [0.2, 0.25) is 0 Å². The molecular formula is C20H29BrN2O. The van der Waals surface area contributed by atoms with Crippen LogP contribution in [0.4, 0.5) is 0 Å². The number of halogens is 1. The molecule has 2 aliphatic rings. The second-order valence-electron chi connectivity index (χ2n) is 7.20. The van der Waals surface area contributed by atoms with Crippen LogP contribution in [0.1, 0.15) is 61.7 Å². The van der Waals surface area contributed by atoms with Crippen molar-refractivity contribution >= 4 is 21.8 Å². The molecule has 2 aliphatic heterocycles. The molecule has 2 saturated heterocycles. The summed E-state index contributed by atoms with van der Waals surface area (Å²) in [5.74, 6) is 0.211. The zero-order chi connectivity index (χ0) is 16.8. The molecule has 0 saturated carbocycles. The normalized spacial score (nSPS) is 23.0. The van der Waals surface area contributed by atoms with Crippen LogP contribution in [0.15, 0.2) is 28.7 Å². The van der Waals surface area contributed by atoms with Crippen LogP contribution in [0.5, 0.6) is 0 Å². The van der Waals surface area contributed by atoms with Gasteiger partial charge in [0.1, 0.15) is 0 Å². The van der Waals surface area contributed by atoms with Gasteiger partial charge in [-0.05, 0) is 75.9 Å². The van der Waals surface area contributed by atoms with Crippen LogP contribution in [0.3, 0.4) is 0 Å². The highest BCUT2D eigenvalue weighted by Gasteiger charge is 2.27. The van der Waals surface area contributed by atoms with Gasteiger partial charge in [-0.15, -0.1) is 0 Å². The molecule has 2 heterocycles. The van der Waals surface area contributed by atoms with Crippen molar-refractivity contribution in [3.63, 3.8) is 0 Å². The van der Waals surface area contributed by atoms with Crippen LogP contribution < -0.4 is 0 Å². The highest BCUT2D eigenvalue weighted by Crippen LogP contribution is 2.23. The predicted octanol–water partition coefficient (Wildman–Crippen LogP) is 4.71.